The lowest BCUT2D eigenvalue weighted by Crippen LogP contribution is -2.40. The molecule has 0 amide bonds. The third-order valence-electron chi connectivity index (χ3n) is 2.56. The Morgan fingerprint density at radius 3 is 2.79 bits per heavy atom. The lowest BCUT2D eigenvalue weighted by Gasteiger charge is -2.09. The molecule has 76 valence electrons. The summed E-state index contributed by atoms with van der Waals surface area (Å²) in [6, 6.07) is 11.0. The van der Waals surface area contributed by atoms with E-state index < -0.39 is 0 Å². The minimum Gasteiger partial charge on any atom is -0.301 e. The standard InChI is InChI=1S/C11H17N3/c1-2-12-11-8-10(13-14-11)9-6-4-3-5-7-9/h3-7,10-14H,2,8H2,1H3. The number of nitrogens with one attached hydrogen (secondary N) is 3. The summed E-state index contributed by atoms with van der Waals surface area (Å²) in [5.41, 5.74) is 7.89. The van der Waals surface area contributed by atoms with Gasteiger partial charge in [0.1, 0.15) is 0 Å². The van der Waals surface area contributed by atoms with Gasteiger partial charge in [-0.1, -0.05) is 37.3 Å². The maximum atomic E-state index is 3.37. The van der Waals surface area contributed by atoms with E-state index in [1.807, 2.05) is 6.07 Å². The third-order valence-corrected chi connectivity index (χ3v) is 2.56. The second-order valence-corrected chi connectivity index (χ2v) is 3.60. The summed E-state index contributed by atoms with van der Waals surface area (Å²) in [4.78, 5) is 0. The van der Waals surface area contributed by atoms with E-state index in [0.29, 0.717) is 12.2 Å². The van der Waals surface area contributed by atoms with Crippen LogP contribution in [0.4, 0.5) is 0 Å². The van der Waals surface area contributed by atoms with Gasteiger partial charge < -0.3 is 5.32 Å². The summed E-state index contributed by atoms with van der Waals surface area (Å²) in [6.45, 7) is 3.12. The predicted octanol–water partition coefficient (Wildman–Crippen LogP) is 1.16. The van der Waals surface area contributed by atoms with Gasteiger partial charge in [-0.25, -0.2) is 10.9 Å². The zero-order chi connectivity index (χ0) is 9.80. The molecule has 0 aromatic heterocycles. The van der Waals surface area contributed by atoms with E-state index >= 15 is 0 Å². The molecule has 2 unspecified atom stereocenters. The number of benzene rings is 1. The fourth-order valence-electron chi connectivity index (χ4n) is 1.84. The highest BCUT2D eigenvalue weighted by Gasteiger charge is 2.23. The van der Waals surface area contributed by atoms with Crippen molar-refractivity contribution in [1.82, 2.24) is 16.2 Å². The quantitative estimate of drug-likeness (QED) is 0.671. The van der Waals surface area contributed by atoms with Crippen LogP contribution in [0.1, 0.15) is 24.9 Å². The van der Waals surface area contributed by atoms with E-state index in [1.54, 1.807) is 0 Å². The van der Waals surface area contributed by atoms with E-state index in [4.69, 9.17) is 0 Å². The molecule has 1 saturated heterocycles. The summed E-state index contributed by atoms with van der Waals surface area (Å²) in [7, 11) is 0. The fourth-order valence-corrected chi connectivity index (χ4v) is 1.84. The smallest absolute Gasteiger partial charge is 0.0722 e. The second-order valence-electron chi connectivity index (χ2n) is 3.60. The van der Waals surface area contributed by atoms with E-state index in [0.717, 1.165) is 13.0 Å². The number of hydrogen-bond donors (Lipinski definition) is 3. The number of hydrogen-bond acceptors (Lipinski definition) is 3. The van der Waals surface area contributed by atoms with Crippen molar-refractivity contribution in [3.63, 3.8) is 0 Å². The van der Waals surface area contributed by atoms with Crippen molar-refractivity contribution in [2.75, 3.05) is 6.54 Å². The Morgan fingerprint density at radius 2 is 2.07 bits per heavy atom. The van der Waals surface area contributed by atoms with Crippen molar-refractivity contribution in [3.8, 4) is 0 Å². The molecule has 2 atom stereocenters. The molecule has 1 aliphatic heterocycles. The van der Waals surface area contributed by atoms with Crippen LogP contribution in [0.25, 0.3) is 0 Å². The van der Waals surface area contributed by atoms with Gasteiger partial charge >= 0.3 is 0 Å². The van der Waals surface area contributed by atoms with Crippen LogP contribution in [0.5, 0.6) is 0 Å². The highest BCUT2D eigenvalue weighted by Crippen LogP contribution is 2.20. The molecule has 0 aliphatic carbocycles. The molecule has 1 fully saturated rings. The van der Waals surface area contributed by atoms with Crippen molar-refractivity contribution in [1.29, 1.82) is 0 Å². The molecule has 1 heterocycles. The van der Waals surface area contributed by atoms with Gasteiger partial charge in [-0.05, 0) is 18.5 Å². The first-order valence-corrected chi connectivity index (χ1v) is 5.19. The minimum atomic E-state index is 0.394. The lowest BCUT2D eigenvalue weighted by molar-refractivity contribution is 0.470. The van der Waals surface area contributed by atoms with Crippen LogP contribution < -0.4 is 16.2 Å². The molecule has 1 aromatic carbocycles. The SMILES string of the molecule is CCNC1CC(c2ccccc2)NN1. The van der Waals surface area contributed by atoms with Crippen molar-refractivity contribution in [3.05, 3.63) is 35.9 Å². The van der Waals surface area contributed by atoms with Crippen molar-refractivity contribution in [2.45, 2.75) is 25.6 Å². The van der Waals surface area contributed by atoms with Gasteiger partial charge in [0.25, 0.3) is 0 Å². The van der Waals surface area contributed by atoms with E-state index in [-0.39, 0.29) is 0 Å². The summed E-state index contributed by atoms with van der Waals surface area (Å²) in [5.74, 6) is 0. The molecule has 3 nitrogen and oxygen atoms in total. The zero-order valence-corrected chi connectivity index (χ0v) is 8.46. The van der Waals surface area contributed by atoms with Gasteiger partial charge in [0, 0.05) is 6.04 Å². The van der Waals surface area contributed by atoms with Crippen LogP contribution >= 0.6 is 0 Å². The highest BCUT2D eigenvalue weighted by molar-refractivity contribution is 5.19. The van der Waals surface area contributed by atoms with Crippen LogP contribution in [0.15, 0.2) is 30.3 Å². The molecular weight excluding hydrogens is 174 g/mol. The number of hydrazine groups is 1. The zero-order valence-electron chi connectivity index (χ0n) is 8.46. The second kappa shape index (κ2) is 4.55. The summed E-state index contributed by atoms with van der Waals surface area (Å²) in [5, 5.41) is 3.37. The third kappa shape index (κ3) is 2.12. The first-order valence-electron chi connectivity index (χ1n) is 5.19. The molecule has 0 radical (unpaired) electrons. The van der Waals surface area contributed by atoms with E-state index in [2.05, 4.69) is 47.4 Å². The Bertz CT molecular complexity index is 273. The molecule has 1 aromatic rings. The average molecular weight is 191 g/mol. The summed E-state index contributed by atoms with van der Waals surface area (Å²) >= 11 is 0. The van der Waals surface area contributed by atoms with Gasteiger partial charge in [0.05, 0.1) is 6.17 Å². The van der Waals surface area contributed by atoms with Crippen LogP contribution in [0.2, 0.25) is 0 Å². The lowest BCUT2D eigenvalue weighted by atomic mass is 10.0. The monoisotopic (exact) mass is 191 g/mol. The topological polar surface area (TPSA) is 36.1 Å². The van der Waals surface area contributed by atoms with Crippen LogP contribution in [0.3, 0.4) is 0 Å². The van der Waals surface area contributed by atoms with Gasteiger partial charge in [0.15, 0.2) is 0 Å². The van der Waals surface area contributed by atoms with Crippen molar-refractivity contribution in [2.24, 2.45) is 0 Å². The first kappa shape index (κ1) is 9.65. The molecule has 0 spiro atoms. The maximum absolute atomic E-state index is 3.37. The molecular formula is C11H17N3. The maximum Gasteiger partial charge on any atom is 0.0722 e. The van der Waals surface area contributed by atoms with Crippen LogP contribution in [0, 0.1) is 0 Å². The average Bonchev–Trinajstić information content (AvgIpc) is 2.68. The minimum absolute atomic E-state index is 0.394. The molecule has 1 aliphatic rings. The van der Waals surface area contributed by atoms with Crippen molar-refractivity contribution >= 4 is 0 Å². The fraction of sp³-hybridized carbons (Fsp3) is 0.455. The molecule has 14 heavy (non-hydrogen) atoms. The highest BCUT2D eigenvalue weighted by atomic mass is 15.5. The van der Waals surface area contributed by atoms with Crippen LogP contribution in [-0.2, 0) is 0 Å². The normalized spacial score (nSPS) is 26.6. The largest absolute Gasteiger partial charge is 0.301 e. The van der Waals surface area contributed by atoms with E-state index in [9.17, 15) is 0 Å². The van der Waals surface area contributed by atoms with Gasteiger partial charge in [0.2, 0.25) is 0 Å². The Kier molecular flexibility index (Phi) is 3.14. The molecule has 0 bridgehead atoms. The Labute approximate surface area is 84.9 Å². The van der Waals surface area contributed by atoms with Gasteiger partial charge in [-0.2, -0.15) is 0 Å². The first-order chi connectivity index (χ1) is 6.90. The molecule has 3 heteroatoms. The van der Waals surface area contributed by atoms with E-state index in [1.165, 1.54) is 5.56 Å². The Balaban J connectivity index is 1.96. The molecule has 0 saturated carbocycles. The summed E-state index contributed by atoms with van der Waals surface area (Å²) < 4.78 is 0. The van der Waals surface area contributed by atoms with Crippen LogP contribution in [-0.4, -0.2) is 12.7 Å². The molecule has 2 rings (SSSR count). The Hall–Kier alpha value is -0.900. The number of rotatable bonds is 3. The summed E-state index contributed by atoms with van der Waals surface area (Å²) in [6.07, 6.45) is 1.49. The van der Waals surface area contributed by atoms with Gasteiger partial charge in [-0.15, -0.1) is 0 Å². The Morgan fingerprint density at radius 1 is 1.29 bits per heavy atom. The molecule has 3 N–H and O–H groups in total. The van der Waals surface area contributed by atoms with Gasteiger partial charge in [-0.3, -0.25) is 0 Å². The van der Waals surface area contributed by atoms with Crippen molar-refractivity contribution < 1.29 is 0 Å². The predicted molar refractivity (Wildman–Crippen MR) is 57.5 cm³/mol.